The average molecular weight is 316 g/mol. The van der Waals surface area contributed by atoms with Gasteiger partial charge in [0.05, 0.1) is 20.8 Å². The van der Waals surface area contributed by atoms with Crippen LogP contribution in [0.2, 0.25) is 15.1 Å². The Bertz CT molecular complexity index is 635. The van der Waals surface area contributed by atoms with E-state index in [1.165, 1.54) is 0 Å². The first kappa shape index (κ1) is 14.6. The van der Waals surface area contributed by atoms with Crippen molar-refractivity contribution in [2.75, 3.05) is 0 Å². The lowest BCUT2D eigenvalue weighted by Gasteiger charge is -2.09. The van der Waals surface area contributed by atoms with Crippen LogP contribution in [0, 0.1) is 6.92 Å². The van der Waals surface area contributed by atoms with Crippen molar-refractivity contribution in [3.63, 3.8) is 0 Å². The number of rotatable bonds is 2. The maximum Gasteiger partial charge on any atom is 0.490 e. The van der Waals surface area contributed by atoms with Gasteiger partial charge in [0.25, 0.3) is 0 Å². The molecule has 0 unspecified atom stereocenters. The molecule has 7 heteroatoms. The number of hydrogen-bond donors (Lipinski definition) is 2. The molecule has 0 spiro atoms. The van der Waals surface area contributed by atoms with E-state index in [9.17, 15) is 0 Å². The predicted octanol–water partition coefficient (Wildman–Crippen LogP) is 2.70. The van der Waals surface area contributed by atoms with Gasteiger partial charge >= 0.3 is 7.12 Å². The molecule has 1 heterocycles. The van der Waals surface area contributed by atoms with E-state index in [1.54, 1.807) is 31.2 Å². The van der Waals surface area contributed by atoms with Crippen LogP contribution in [0.4, 0.5) is 0 Å². The molecule has 0 saturated heterocycles. The molecular formula is C12H9BCl3NO2. The minimum absolute atomic E-state index is 0.347. The summed E-state index contributed by atoms with van der Waals surface area (Å²) in [7, 11) is -1.55. The molecule has 0 fully saturated rings. The Hall–Kier alpha value is -0.775. The summed E-state index contributed by atoms with van der Waals surface area (Å²) in [6.45, 7) is 1.68. The molecule has 0 bridgehead atoms. The van der Waals surface area contributed by atoms with Gasteiger partial charge in [-0.3, -0.25) is 4.98 Å². The lowest BCUT2D eigenvalue weighted by Crippen LogP contribution is -2.32. The van der Waals surface area contributed by atoms with Crippen molar-refractivity contribution in [1.82, 2.24) is 4.98 Å². The molecule has 0 aliphatic rings. The molecular weight excluding hydrogens is 307 g/mol. The number of aryl methyl sites for hydroxylation is 1. The highest BCUT2D eigenvalue weighted by Gasteiger charge is 2.16. The second kappa shape index (κ2) is 5.69. The van der Waals surface area contributed by atoms with Gasteiger partial charge in [-0.25, -0.2) is 0 Å². The van der Waals surface area contributed by atoms with Crippen LogP contribution < -0.4 is 5.46 Å². The maximum atomic E-state index is 9.15. The molecule has 3 nitrogen and oxygen atoms in total. The van der Waals surface area contributed by atoms with Gasteiger partial charge in [-0.15, -0.1) is 0 Å². The normalized spacial score (nSPS) is 10.6. The van der Waals surface area contributed by atoms with Crippen molar-refractivity contribution in [2.45, 2.75) is 6.92 Å². The Morgan fingerprint density at radius 1 is 1.00 bits per heavy atom. The molecule has 98 valence electrons. The molecule has 0 aliphatic heterocycles. The summed E-state index contributed by atoms with van der Waals surface area (Å²) in [6.07, 6.45) is 0. The summed E-state index contributed by atoms with van der Waals surface area (Å²) in [6, 6.07) is 6.41. The Morgan fingerprint density at radius 2 is 1.63 bits per heavy atom. The number of hydrogen-bond acceptors (Lipinski definition) is 3. The van der Waals surface area contributed by atoms with E-state index in [1.807, 2.05) is 0 Å². The largest absolute Gasteiger partial charge is 0.490 e. The van der Waals surface area contributed by atoms with Crippen LogP contribution >= 0.6 is 34.8 Å². The SMILES string of the molecule is Cc1nc(-c2cc(Cl)c(Cl)cc2Cl)ccc1B(O)O. The molecule has 2 N–H and O–H groups in total. The number of halogens is 3. The van der Waals surface area contributed by atoms with Gasteiger partial charge in [-0.2, -0.15) is 0 Å². The Balaban J connectivity index is 2.54. The Morgan fingerprint density at radius 3 is 2.21 bits per heavy atom. The molecule has 0 amide bonds. The third-order valence-electron chi connectivity index (χ3n) is 2.69. The highest BCUT2D eigenvalue weighted by Crippen LogP contribution is 2.34. The molecule has 0 atom stereocenters. The molecule has 0 aliphatic carbocycles. The molecule has 19 heavy (non-hydrogen) atoms. The summed E-state index contributed by atoms with van der Waals surface area (Å²) in [5.41, 5.74) is 2.08. The highest BCUT2D eigenvalue weighted by molar-refractivity contribution is 6.59. The minimum Gasteiger partial charge on any atom is -0.423 e. The van der Waals surface area contributed by atoms with Crippen LogP contribution in [0.5, 0.6) is 0 Å². The minimum atomic E-state index is -1.55. The van der Waals surface area contributed by atoms with Crippen molar-refractivity contribution in [3.05, 3.63) is 45.0 Å². The van der Waals surface area contributed by atoms with E-state index < -0.39 is 7.12 Å². The lowest BCUT2D eigenvalue weighted by molar-refractivity contribution is 0.425. The summed E-state index contributed by atoms with van der Waals surface area (Å²) >= 11 is 17.9. The van der Waals surface area contributed by atoms with Crippen molar-refractivity contribution in [1.29, 1.82) is 0 Å². The van der Waals surface area contributed by atoms with Crippen molar-refractivity contribution < 1.29 is 10.0 Å². The fourth-order valence-corrected chi connectivity index (χ4v) is 2.36. The van der Waals surface area contributed by atoms with Gasteiger partial charge in [0, 0.05) is 16.7 Å². The van der Waals surface area contributed by atoms with Crippen molar-refractivity contribution >= 4 is 47.4 Å². The third-order valence-corrected chi connectivity index (χ3v) is 3.73. The molecule has 0 saturated carbocycles. The van der Waals surface area contributed by atoms with Gasteiger partial charge in [-0.1, -0.05) is 40.9 Å². The Kier molecular flexibility index (Phi) is 4.38. The van der Waals surface area contributed by atoms with Crippen LogP contribution in [-0.4, -0.2) is 22.2 Å². The third kappa shape index (κ3) is 3.04. The molecule has 0 radical (unpaired) electrons. The number of pyridine rings is 1. The first-order valence-electron chi connectivity index (χ1n) is 5.38. The van der Waals surface area contributed by atoms with E-state index in [-0.39, 0.29) is 0 Å². The predicted molar refractivity (Wildman–Crippen MR) is 79.3 cm³/mol. The Labute approximate surface area is 125 Å². The average Bonchev–Trinajstić information content (AvgIpc) is 2.33. The van der Waals surface area contributed by atoms with Gasteiger partial charge in [0.15, 0.2) is 0 Å². The second-order valence-electron chi connectivity index (χ2n) is 3.99. The van der Waals surface area contributed by atoms with Gasteiger partial charge in [0.2, 0.25) is 0 Å². The second-order valence-corrected chi connectivity index (χ2v) is 5.21. The van der Waals surface area contributed by atoms with E-state index in [4.69, 9.17) is 44.9 Å². The number of aromatic nitrogens is 1. The fourth-order valence-electron chi connectivity index (χ4n) is 1.71. The van der Waals surface area contributed by atoms with Crippen LogP contribution in [0.15, 0.2) is 24.3 Å². The first-order valence-corrected chi connectivity index (χ1v) is 6.52. The molecule has 1 aromatic heterocycles. The maximum absolute atomic E-state index is 9.15. The summed E-state index contributed by atoms with van der Waals surface area (Å²) in [5.74, 6) is 0. The zero-order chi connectivity index (χ0) is 14.2. The van der Waals surface area contributed by atoms with E-state index in [0.29, 0.717) is 37.5 Å². The zero-order valence-corrected chi connectivity index (χ0v) is 12.1. The smallest absolute Gasteiger partial charge is 0.423 e. The number of benzene rings is 1. The fraction of sp³-hybridized carbons (Fsp3) is 0.0833. The summed E-state index contributed by atoms with van der Waals surface area (Å²) in [5, 5.41) is 19.5. The van der Waals surface area contributed by atoms with Crippen LogP contribution in [0.1, 0.15) is 5.69 Å². The van der Waals surface area contributed by atoms with Gasteiger partial charge in [0.1, 0.15) is 0 Å². The van der Waals surface area contributed by atoms with E-state index >= 15 is 0 Å². The van der Waals surface area contributed by atoms with Crippen LogP contribution in [-0.2, 0) is 0 Å². The summed E-state index contributed by atoms with van der Waals surface area (Å²) in [4.78, 5) is 4.29. The van der Waals surface area contributed by atoms with Crippen LogP contribution in [0.25, 0.3) is 11.3 Å². The topological polar surface area (TPSA) is 53.4 Å². The molecule has 2 aromatic rings. The lowest BCUT2D eigenvalue weighted by atomic mass is 9.79. The summed E-state index contributed by atoms with van der Waals surface area (Å²) < 4.78 is 0. The van der Waals surface area contributed by atoms with Gasteiger partial charge in [-0.05, 0) is 25.1 Å². The zero-order valence-electron chi connectivity index (χ0n) is 9.86. The van der Waals surface area contributed by atoms with Crippen molar-refractivity contribution in [3.8, 4) is 11.3 Å². The molecule has 2 rings (SSSR count). The quantitative estimate of drug-likeness (QED) is 0.661. The number of nitrogens with zero attached hydrogens (tertiary/aromatic N) is 1. The van der Waals surface area contributed by atoms with Crippen LogP contribution in [0.3, 0.4) is 0 Å². The standard InChI is InChI=1S/C12H9BCl3NO2/c1-6-8(13(18)19)2-3-12(17-6)7-4-10(15)11(16)5-9(7)14/h2-5,18-19H,1H3. The monoisotopic (exact) mass is 315 g/mol. The molecule has 1 aromatic carbocycles. The van der Waals surface area contributed by atoms with E-state index in [0.717, 1.165) is 0 Å². The van der Waals surface area contributed by atoms with Gasteiger partial charge < -0.3 is 10.0 Å². The van der Waals surface area contributed by atoms with Crippen molar-refractivity contribution in [2.24, 2.45) is 0 Å². The highest BCUT2D eigenvalue weighted by atomic mass is 35.5. The van der Waals surface area contributed by atoms with E-state index in [2.05, 4.69) is 4.98 Å². The first-order chi connectivity index (χ1) is 8.90.